The van der Waals surface area contributed by atoms with Crippen molar-refractivity contribution in [2.75, 3.05) is 12.3 Å². The SMILES string of the molecule is N#Cc1c([C@H]2CCCO2)nn(-c2ccccn2)c1N. The molecule has 6 heteroatoms. The van der Waals surface area contributed by atoms with Gasteiger partial charge in [-0.25, -0.2) is 4.98 Å². The lowest BCUT2D eigenvalue weighted by Crippen LogP contribution is -2.04. The Morgan fingerprint density at radius 3 is 3.00 bits per heavy atom. The lowest BCUT2D eigenvalue weighted by Gasteiger charge is -2.05. The highest BCUT2D eigenvalue weighted by Gasteiger charge is 2.27. The molecule has 96 valence electrons. The average Bonchev–Trinajstić information content (AvgIpc) is 3.07. The van der Waals surface area contributed by atoms with Crippen molar-refractivity contribution in [3.63, 3.8) is 0 Å². The van der Waals surface area contributed by atoms with Crippen molar-refractivity contribution in [1.82, 2.24) is 14.8 Å². The van der Waals surface area contributed by atoms with Gasteiger partial charge in [0, 0.05) is 12.8 Å². The molecule has 0 bridgehead atoms. The number of anilines is 1. The Kier molecular flexibility index (Phi) is 2.89. The number of nitrogens with zero attached hydrogens (tertiary/aromatic N) is 4. The topological polar surface area (TPSA) is 89.8 Å². The molecule has 0 aromatic carbocycles. The van der Waals surface area contributed by atoms with Crippen LogP contribution in [-0.2, 0) is 4.74 Å². The number of hydrogen-bond acceptors (Lipinski definition) is 5. The van der Waals surface area contributed by atoms with Gasteiger partial charge in [0.05, 0.1) is 0 Å². The normalized spacial score (nSPS) is 18.4. The molecule has 6 nitrogen and oxygen atoms in total. The van der Waals surface area contributed by atoms with Gasteiger partial charge in [-0.05, 0) is 25.0 Å². The maximum absolute atomic E-state index is 9.26. The molecule has 19 heavy (non-hydrogen) atoms. The summed E-state index contributed by atoms with van der Waals surface area (Å²) < 4.78 is 7.08. The van der Waals surface area contributed by atoms with Gasteiger partial charge >= 0.3 is 0 Å². The highest BCUT2D eigenvalue weighted by atomic mass is 16.5. The van der Waals surface area contributed by atoms with Crippen LogP contribution in [0.4, 0.5) is 5.82 Å². The second-order valence-corrected chi connectivity index (χ2v) is 4.36. The smallest absolute Gasteiger partial charge is 0.155 e. The minimum Gasteiger partial charge on any atom is -0.382 e. The molecule has 2 aromatic rings. The van der Waals surface area contributed by atoms with Crippen LogP contribution in [0.25, 0.3) is 5.82 Å². The number of nitrogen functional groups attached to an aromatic ring is 1. The van der Waals surface area contributed by atoms with Crippen molar-refractivity contribution in [3.05, 3.63) is 35.7 Å². The van der Waals surface area contributed by atoms with Gasteiger partial charge in [-0.3, -0.25) is 0 Å². The number of hydrogen-bond donors (Lipinski definition) is 1. The lowest BCUT2D eigenvalue weighted by atomic mass is 10.1. The van der Waals surface area contributed by atoms with Crippen molar-refractivity contribution >= 4 is 5.82 Å². The summed E-state index contributed by atoms with van der Waals surface area (Å²) in [5.41, 5.74) is 7.00. The van der Waals surface area contributed by atoms with E-state index in [4.69, 9.17) is 10.5 Å². The quantitative estimate of drug-likeness (QED) is 0.879. The minimum atomic E-state index is -0.137. The van der Waals surface area contributed by atoms with E-state index in [1.807, 2.05) is 12.1 Å². The van der Waals surface area contributed by atoms with E-state index >= 15 is 0 Å². The van der Waals surface area contributed by atoms with Gasteiger partial charge < -0.3 is 10.5 Å². The Labute approximate surface area is 110 Å². The fourth-order valence-electron chi connectivity index (χ4n) is 2.24. The first-order chi connectivity index (χ1) is 9.31. The number of ether oxygens (including phenoxy) is 1. The molecule has 0 unspecified atom stereocenters. The predicted molar refractivity (Wildman–Crippen MR) is 68.4 cm³/mol. The summed E-state index contributed by atoms with van der Waals surface area (Å²) in [6.07, 6.45) is 3.37. The first-order valence-electron chi connectivity index (χ1n) is 6.12. The molecule has 1 aliphatic rings. The van der Waals surface area contributed by atoms with Crippen LogP contribution in [0.5, 0.6) is 0 Å². The van der Waals surface area contributed by atoms with E-state index in [0.29, 0.717) is 29.5 Å². The number of aromatic nitrogens is 3. The molecule has 1 fully saturated rings. The largest absolute Gasteiger partial charge is 0.382 e. The monoisotopic (exact) mass is 255 g/mol. The Morgan fingerprint density at radius 2 is 2.37 bits per heavy atom. The third-order valence-corrected chi connectivity index (χ3v) is 3.16. The van der Waals surface area contributed by atoms with Crippen LogP contribution in [0.15, 0.2) is 24.4 Å². The van der Waals surface area contributed by atoms with Gasteiger partial charge in [0.2, 0.25) is 0 Å². The summed E-state index contributed by atoms with van der Waals surface area (Å²) in [5, 5.41) is 13.7. The van der Waals surface area contributed by atoms with Gasteiger partial charge in [0.15, 0.2) is 5.82 Å². The summed E-state index contributed by atoms with van der Waals surface area (Å²) in [6.45, 7) is 0.700. The highest BCUT2D eigenvalue weighted by Crippen LogP contribution is 2.32. The summed E-state index contributed by atoms with van der Waals surface area (Å²) in [7, 11) is 0. The van der Waals surface area contributed by atoms with E-state index in [1.54, 1.807) is 12.3 Å². The fraction of sp³-hybridized carbons (Fsp3) is 0.308. The highest BCUT2D eigenvalue weighted by molar-refractivity contribution is 5.55. The van der Waals surface area contributed by atoms with Gasteiger partial charge in [-0.2, -0.15) is 15.0 Å². The van der Waals surface area contributed by atoms with Crippen LogP contribution >= 0.6 is 0 Å². The summed E-state index contributed by atoms with van der Waals surface area (Å²) in [4.78, 5) is 4.20. The number of nitrogens with two attached hydrogens (primary N) is 1. The number of nitriles is 1. The van der Waals surface area contributed by atoms with Crippen LogP contribution in [0.1, 0.15) is 30.2 Å². The molecule has 0 saturated carbocycles. The zero-order chi connectivity index (χ0) is 13.2. The summed E-state index contributed by atoms with van der Waals surface area (Å²) in [5.74, 6) is 0.910. The maximum Gasteiger partial charge on any atom is 0.155 e. The Balaban J connectivity index is 2.10. The van der Waals surface area contributed by atoms with E-state index in [9.17, 15) is 5.26 Å². The van der Waals surface area contributed by atoms with Crippen molar-refractivity contribution < 1.29 is 4.74 Å². The van der Waals surface area contributed by atoms with E-state index in [0.717, 1.165) is 12.8 Å². The summed E-state index contributed by atoms with van der Waals surface area (Å²) >= 11 is 0. The molecule has 0 amide bonds. The molecule has 0 radical (unpaired) electrons. The van der Waals surface area contributed by atoms with E-state index in [1.165, 1.54) is 4.68 Å². The molecule has 1 atom stereocenters. The van der Waals surface area contributed by atoms with Gasteiger partial charge in [0.1, 0.15) is 29.2 Å². The zero-order valence-electron chi connectivity index (χ0n) is 10.3. The Morgan fingerprint density at radius 1 is 1.47 bits per heavy atom. The third kappa shape index (κ3) is 1.94. The molecule has 0 spiro atoms. The van der Waals surface area contributed by atoms with Crippen molar-refractivity contribution in [1.29, 1.82) is 5.26 Å². The molecular weight excluding hydrogens is 242 g/mol. The molecule has 2 N–H and O–H groups in total. The predicted octanol–water partition coefficient (Wildman–Crippen LogP) is 1.57. The minimum absolute atomic E-state index is 0.137. The molecule has 3 rings (SSSR count). The Bertz CT molecular complexity index is 622. The average molecular weight is 255 g/mol. The van der Waals surface area contributed by atoms with Crippen LogP contribution in [0.2, 0.25) is 0 Å². The van der Waals surface area contributed by atoms with Crippen LogP contribution < -0.4 is 5.73 Å². The van der Waals surface area contributed by atoms with Gasteiger partial charge in [-0.15, -0.1) is 0 Å². The van der Waals surface area contributed by atoms with Crippen LogP contribution in [0.3, 0.4) is 0 Å². The molecule has 3 heterocycles. The second kappa shape index (κ2) is 4.71. The fourth-order valence-corrected chi connectivity index (χ4v) is 2.24. The van der Waals surface area contributed by atoms with Crippen molar-refractivity contribution in [2.45, 2.75) is 18.9 Å². The first kappa shape index (κ1) is 11.7. The van der Waals surface area contributed by atoms with E-state index in [2.05, 4.69) is 16.2 Å². The van der Waals surface area contributed by atoms with Crippen LogP contribution in [-0.4, -0.2) is 21.4 Å². The molecule has 0 aliphatic carbocycles. The van der Waals surface area contributed by atoms with Gasteiger partial charge in [0.25, 0.3) is 0 Å². The molecule has 2 aromatic heterocycles. The van der Waals surface area contributed by atoms with Gasteiger partial charge in [-0.1, -0.05) is 6.07 Å². The Hall–Kier alpha value is -2.39. The molecule has 1 aliphatic heterocycles. The second-order valence-electron chi connectivity index (χ2n) is 4.36. The van der Waals surface area contributed by atoms with Crippen molar-refractivity contribution in [3.8, 4) is 11.9 Å². The number of pyridine rings is 1. The van der Waals surface area contributed by atoms with E-state index < -0.39 is 0 Å². The number of rotatable bonds is 2. The third-order valence-electron chi connectivity index (χ3n) is 3.16. The summed E-state index contributed by atoms with van der Waals surface area (Å²) in [6, 6.07) is 7.57. The first-order valence-corrected chi connectivity index (χ1v) is 6.12. The molecular formula is C13H13N5O. The van der Waals surface area contributed by atoms with Crippen LogP contribution in [0, 0.1) is 11.3 Å². The van der Waals surface area contributed by atoms with Crippen molar-refractivity contribution in [2.24, 2.45) is 0 Å². The standard InChI is InChI=1S/C13H13N5O/c14-8-9-12(10-4-3-7-19-10)17-18(13(9)15)11-5-1-2-6-16-11/h1-2,5-6,10H,3-4,7,15H2/t10-/m1/s1. The zero-order valence-corrected chi connectivity index (χ0v) is 10.3. The van der Waals surface area contributed by atoms with E-state index in [-0.39, 0.29) is 6.10 Å². The molecule has 1 saturated heterocycles. The lowest BCUT2D eigenvalue weighted by molar-refractivity contribution is 0.108. The maximum atomic E-state index is 9.26.